The lowest BCUT2D eigenvalue weighted by Crippen LogP contribution is -1.82. The maximum absolute atomic E-state index is 6.42. The van der Waals surface area contributed by atoms with Crippen LogP contribution in [0.5, 0.6) is 0 Å². The van der Waals surface area contributed by atoms with Crippen LogP contribution in [0.1, 0.15) is 0 Å². The van der Waals surface area contributed by atoms with E-state index >= 15 is 0 Å². The molecule has 33 heavy (non-hydrogen) atoms. The standard InChI is InChI=1S/C30H17NOS/c1-4-10-24-20(9-1)28-29(31-24)21(16-23-18-7-2-5-11-25(18)32-30(23)28)17-13-14-27-22(15-17)19-8-3-6-12-26(19)33-27/h1-16,31H. The number of aromatic nitrogens is 1. The van der Waals surface area contributed by atoms with Crippen LogP contribution in [0, 0.1) is 0 Å². The molecule has 5 aromatic carbocycles. The lowest BCUT2D eigenvalue weighted by atomic mass is 9.97. The molecule has 1 N–H and O–H groups in total. The van der Waals surface area contributed by atoms with Gasteiger partial charge >= 0.3 is 0 Å². The van der Waals surface area contributed by atoms with E-state index in [-0.39, 0.29) is 0 Å². The number of benzene rings is 5. The molecule has 0 aliphatic carbocycles. The predicted molar refractivity (Wildman–Crippen MR) is 141 cm³/mol. The second-order valence-corrected chi connectivity index (χ2v) is 9.71. The number of aromatic amines is 1. The highest BCUT2D eigenvalue weighted by Gasteiger charge is 2.19. The van der Waals surface area contributed by atoms with Gasteiger partial charge in [-0.05, 0) is 42.0 Å². The van der Waals surface area contributed by atoms with Crippen molar-refractivity contribution in [3.63, 3.8) is 0 Å². The highest BCUT2D eigenvalue weighted by Crippen LogP contribution is 2.44. The van der Waals surface area contributed by atoms with Crippen molar-refractivity contribution in [2.45, 2.75) is 0 Å². The van der Waals surface area contributed by atoms with Crippen LogP contribution >= 0.6 is 11.3 Å². The van der Waals surface area contributed by atoms with Crippen LogP contribution in [0.3, 0.4) is 0 Å². The fourth-order valence-electron chi connectivity index (χ4n) is 5.31. The van der Waals surface area contributed by atoms with Gasteiger partial charge in [-0.3, -0.25) is 0 Å². The van der Waals surface area contributed by atoms with Gasteiger partial charge in [-0.15, -0.1) is 11.3 Å². The molecule has 0 bridgehead atoms. The first-order valence-corrected chi connectivity index (χ1v) is 11.9. The van der Waals surface area contributed by atoms with Crippen LogP contribution in [0.25, 0.3) is 75.0 Å². The highest BCUT2D eigenvalue weighted by atomic mass is 32.1. The van der Waals surface area contributed by atoms with E-state index in [1.165, 1.54) is 36.7 Å². The maximum Gasteiger partial charge on any atom is 0.145 e. The smallest absolute Gasteiger partial charge is 0.145 e. The molecule has 0 atom stereocenters. The zero-order valence-corrected chi connectivity index (χ0v) is 18.4. The van der Waals surface area contributed by atoms with Crippen molar-refractivity contribution in [2.24, 2.45) is 0 Å². The fourth-order valence-corrected chi connectivity index (χ4v) is 6.40. The van der Waals surface area contributed by atoms with E-state index in [4.69, 9.17) is 4.42 Å². The Morgan fingerprint density at radius 1 is 0.606 bits per heavy atom. The van der Waals surface area contributed by atoms with Crippen molar-refractivity contribution in [3.05, 3.63) is 97.1 Å². The van der Waals surface area contributed by atoms with Crippen LogP contribution < -0.4 is 0 Å². The van der Waals surface area contributed by atoms with Gasteiger partial charge in [0.1, 0.15) is 11.2 Å². The summed E-state index contributed by atoms with van der Waals surface area (Å²) in [5.41, 5.74) is 6.56. The third kappa shape index (κ3) is 2.32. The van der Waals surface area contributed by atoms with E-state index in [2.05, 4.69) is 96.0 Å². The number of nitrogens with one attached hydrogen (secondary N) is 1. The van der Waals surface area contributed by atoms with Crippen LogP contribution in [-0.4, -0.2) is 4.98 Å². The molecule has 0 unspecified atom stereocenters. The van der Waals surface area contributed by atoms with Gasteiger partial charge in [-0.2, -0.15) is 0 Å². The minimum absolute atomic E-state index is 0.926. The van der Waals surface area contributed by atoms with Gasteiger partial charge in [0.25, 0.3) is 0 Å². The van der Waals surface area contributed by atoms with E-state index in [1.54, 1.807) is 0 Å². The zero-order valence-electron chi connectivity index (χ0n) is 17.6. The highest BCUT2D eigenvalue weighted by molar-refractivity contribution is 7.25. The molecule has 0 aliphatic rings. The molecular weight excluding hydrogens is 422 g/mol. The summed E-state index contributed by atoms with van der Waals surface area (Å²) in [7, 11) is 0. The fraction of sp³-hybridized carbons (Fsp3) is 0. The number of furan rings is 1. The summed E-state index contributed by atoms with van der Waals surface area (Å²) >= 11 is 1.86. The molecule has 3 aromatic heterocycles. The van der Waals surface area contributed by atoms with Crippen LogP contribution in [0.4, 0.5) is 0 Å². The molecule has 0 saturated heterocycles. The van der Waals surface area contributed by atoms with Gasteiger partial charge in [0, 0.05) is 47.4 Å². The molecule has 0 amide bonds. The van der Waals surface area contributed by atoms with Crippen molar-refractivity contribution in [3.8, 4) is 11.1 Å². The Hall–Kier alpha value is -4.08. The van der Waals surface area contributed by atoms with Crippen molar-refractivity contribution >= 4 is 75.3 Å². The van der Waals surface area contributed by atoms with Gasteiger partial charge < -0.3 is 9.40 Å². The average Bonchev–Trinajstić information content (AvgIpc) is 3.54. The Morgan fingerprint density at radius 2 is 1.36 bits per heavy atom. The minimum atomic E-state index is 0.926. The Bertz CT molecular complexity index is 2040. The minimum Gasteiger partial charge on any atom is -0.455 e. The van der Waals surface area contributed by atoms with Gasteiger partial charge in [-0.25, -0.2) is 0 Å². The normalized spacial score (nSPS) is 12.2. The van der Waals surface area contributed by atoms with Crippen molar-refractivity contribution in [1.82, 2.24) is 4.98 Å². The monoisotopic (exact) mass is 439 g/mol. The number of fused-ring (bicyclic) bond motifs is 10. The second-order valence-electron chi connectivity index (χ2n) is 8.63. The van der Waals surface area contributed by atoms with Gasteiger partial charge in [-0.1, -0.05) is 60.7 Å². The Labute approximate surface area is 192 Å². The Kier molecular flexibility index (Phi) is 3.31. The SMILES string of the molecule is c1ccc2c(c1)[nH]c1c(-c3ccc4sc5ccccc5c4c3)cc3c4ccccc4oc3c12. The lowest BCUT2D eigenvalue weighted by molar-refractivity contribution is 0.673. The molecular formula is C30H17NOS. The molecule has 3 heterocycles. The molecule has 0 spiro atoms. The van der Waals surface area contributed by atoms with Gasteiger partial charge in [0.2, 0.25) is 0 Å². The van der Waals surface area contributed by atoms with Crippen LogP contribution in [0.2, 0.25) is 0 Å². The summed E-state index contributed by atoms with van der Waals surface area (Å²) in [6.07, 6.45) is 0. The molecule has 3 heteroatoms. The molecule has 8 rings (SSSR count). The largest absolute Gasteiger partial charge is 0.455 e. The number of thiophene rings is 1. The van der Waals surface area contributed by atoms with Gasteiger partial charge in [0.15, 0.2) is 0 Å². The number of H-pyrrole nitrogens is 1. The summed E-state index contributed by atoms with van der Waals surface area (Å²) < 4.78 is 9.07. The first-order valence-electron chi connectivity index (χ1n) is 11.1. The number of hydrogen-bond donors (Lipinski definition) is 1. The van der Waals surface area contributed by atoms with E-state index in [9.17, 15) is 0 Å². The van der Waals surface area contributed by atoms with E-state index in [0.717, 1.165) is 38.4 Å². The molecule has 0 saturated carbocycles. The van der Waals surface area contributed by atoms with Crippen molar-refractivity contribution in [2.75, 3.05) is 0 Å². The number of rotatable bonds is 1. The first-order chi connectivity index (χ1) is 16.3. The Balaban J connectivity index is 1.56. The summed E-state index contributed by atoms with van der Waals surface area (Å²) in [4.78, 5) is 3.70. The number of hydrogen-bond acceptors (Lipinski definition) is 2. The summed E-state index contributed by atoms with van der Waals surface area (Å²) in [5, 5.41) is 7.30. The lowest BCUT2D eigenvalue weighted by Gasteiger charge is -2.06. The van der Waals surface area contributed by atoms with Crippen molar-refractivity contribution in [1.29, 1.82) is 0 Å². The second kappa shape index (κ2) is 6.25. The Morgan fingerprint density at radius 3 is 2.30 bits per heavy atom. The van der Waals surface area contributed by atoms with E-state index in [0.29, 0.717) is 0 Å². The quantitative estimate of drug-likeness (QED) is 0.271. The topological polar surface area (TPSA) is 28.9 Å². The molecule has 0 aliphatic heterocycles. The van der Waals surface area contributed by atoms with Gasteiger partial charge in [0.05, 0.1) is 10.9 Å². The van der Waals surface area contributed by atoms with Crippen molar-refractivity contribution < 1.29 is 4.42 Å². The third-order valence-corrected chi connectivity index (χ3v) is 7.96. The predicted octanol–water partition coefficient (Wildman–Crippen LogP) is 9.26. The van der Waals surface area contributed by atoms with Crippen LogP contribution in [-0.2, 0) is 0 Å². The molecule has 8 aromatic rings. The molecule has 0 radical (unpaired) electrons. The molecule has 0 fully saturated rings. The third-order valence-electron chi connectivity index (χ3n) is 6.81. The maximum atomic E-state index is 6.42. The summed E-state index contributed by atoms with van der Waals surface area (Å²) in [6, 6.07) is 34.7. The molecule has 2 nitrogen and oxygen atoms in total. The average molecular weight is 440 g/mol. The van der Waals surface area contributed by atoms with E-state index < -0.39 is 0 Å². The zero-order chi connectivity index (χ0) is 21.5. The molecule has 154 valence electrons. The van der Waals surface area contributed by atoms with E-state index in [1.807, 2.05) is 17.4 Å². The number of para-hydroxylation sites is 2. The summed E-state index contributed by atoms with van der Waals surface area (Å²) in [6.45, 7) is 0. The summed E-state index contributed by atoms with van der Waals surface area (Å²) in [5.74, 6) is 0. The first kappa shape index (κ1) is 17.5. The van der Waals surface area contributed by atoms with Crippen LogP contribution in [0.15, 0.2) is 101 Å².